The number of nitrogen functional groups attached to an aromatic ring is 1. The van der Waals surface area contributed by atoms with Crippen molar-refractivity contribution in [2.45, 2.75) is 0 Å². The van der Waals surface area contributed by atoms with Crippen molar-refractivity contribution in [1.82, 2.24) is 14.9 Å². The molecule has 1 rings (SSSR count). The first-order chi connectivity index (χ1) is 4.63. The Bertz CT molecular complexity index is 156. The average Bonchev–Trinajstić information content (AvgIpc) is 2.15. The second-order valence-corrected chi connectivity index (χ2v) is 1.20. The molecule has 0 spiro atoms. The smallest absolute Gasteiger partial charge is 0.907 e. The molecule has 1 aromatic rings. The molecule has 2 N–H and O–H groups in total. The first-order valence-electron chi connectivity index (χ1n) is 2.20. The maximum atomic E-state index is 8.42. The van der Waals surface area contributed by atoms with Gasteiger partial charge in [-0.25, -0.2) is 4.68 Å². The molecule has 0 aliphatic rings. The molecule has 1 radical (unpaired) electrons. The third-order valence-electron chi connectivity index (χ3n) is 0.437. The molecule has 1 heterocycles. The Morgan fingerprint density at radius 2 is 1.45 bits per heavy atom. The molecule has 0 fully saturated rings. The maximum absolute atomic E-state index is 8.42. The van der Waals surface area contributed by atoms with Gasteiger partial charge in [0.05, 0.1) is 0 Å². The Labute approximate surface area is 73.5 Å². The SMILES string of the molecule is Nn1cnnc1.[Fe+3].[O-]B([O-])[O-]. The summed E-state index contributed by atoms with van der Waals surface area (Å²) >= 11 is 0. The molecule has 0 aliphatic heterocycles. The van der Waals surface area contributed by atoms with E-state index in [0.29, 0.717) is 0 Å². The van der Waals surface area contributed by atoms with E-state index in [1.165, 1.54) is 17.3 Å². The predicted molar refractivity (Wildman–Crippen MR) is 25.9 cm³/mol. The summed E-state index contributed by atoms with van der Waals surface area (Å²) in [6.07, 6.45) is 2.83. The zero-order valence-electron chi connectivity index (χ0n) is 5.23. The third kappa shape index (κ3) is 12.6. The summed E-state index contributed by atoms with van der Waals surface area (Å²) in [7, 11) is -2.92. The van der Waals surface area contributed by atoms with Crippen LogP contribution in [0.25, 0.3) is 0 Å². The Morgan fingerprint density at radius 3 is 1.55 bits per heavy atom. The van der Waals surface area contributed by atoms with Gasteiger partial charge in [-0.05, 0) is 0 Å². The van der Waals surface area contributed by atoms with Gasteiger partial charge in [-0.3, -0.25) is 7.32 Å². The van der Waals surface area contributed by atoms with Crippen molar-refractivity contribution < 1.29 is 32.1 Å². The van der Waals surface area contributed by atoms with Crippen LogP contribution in [0.4, 0.5) is 0 Å². The van der Waals surface area contributed by atoms with Crippen LogP contribution in [0.2, 0.25) is 0 Å². The van der Waals surface area contributed by atoms with E-state index in [9.17, 15) is 0 Å². The van der Waals surface area contributed by atoms with Crippen molar-refractivity contribution >= 4 is 7.32 Å². The summed E-state index contributed by atoms with van der Waals surface area (Å²) in [5.41, 5.74) is 0. The van der Waals surface area contributed by atoms with Crippen LogP contribution in [0.15, 0.2) is 12.7 Å². The molecule has 0 aliphatic carbocycles. The van der Waals surface area contributed by atoms with E-state index >= 15 is 0 Å². The number of nitrogens with zero attached hydrogens (tertiary/aromatic N) is 3. The molecule has 0 saturated heterocycles. The molecule has 0 saturated carbocycles. The summed E-state index contributed by atoms with van der Waals surface area (Å²) in [5.74, 6) is 5.07. The molecular formula is C2H4BFeN4O3. The third-order valence-corrected chi connectivity index (χ3v) is 0.437. The number of aromatic nitrogens is 3. The van der Waals surface area contributed by atoms with Gasteiger partial charge >= 0.3 is 17.1 Å². The van der Waals surface area contributed by atoms with Gasteiger partial charge in [0, 0.05) is 0 Å². The second-order valence-electron chi connectivity index (χ2n) is 1.20. The quantitative estimate of drug-likeness (QED) is 0.329. The fraction of sp³-hybridized carbons (Fsp3) is 0. The standard InChI is InChI=1S/C2H4N4.BO3.Fe/c3-6-1-4-5-2-6;2-1(3)4;/h1-2H,3H2;;/q;-3;+3. The molecule has 61 valence electrons. The zero-order valence-corrected chi connectivity index (χ0v) is 6.33. The van der Waals surface area contributed by atoms with Crippen molar-refractivity contribution in [3.05, 3.63) is 12.7 Å². The van der Waals surface area contributed by atoms with Crippen LogP contribution in [0.1, 0.15) is 0 Å². The molecule has 11 heavy (non-hydrogen) atoms. The van der Waals surface area contributed by atoms with Crippen molar-refractivity contribution in [3.63, 3.8) is 0 Å². The van der Waals surface area contributed by atoms with Gasteiger partial charge in [0.25, 0.3) is 0 Å². The van der Waals surface area contributed by atoms with E-state index in [4.69, 9.17) is 20.9 Å². The van der Waals surface area contributed by atoms with E-state index in [1.807, 2.05) is 0 Å². The Hall–Kier alpha value is -0.596. The number of rotatable bonds is 0. The van der Waals surface area contributed by atoms with Crippen LogP contribution in [0.3, 0.4) is 0 Å². The maximum Gasteiger partial charge on any atom is 3.00 e. The van der Waals surface area contributed by atoms with Crippen molar-refractivity contribution in [2.75, 3.05) is 5.84 Å². The largest absolute Gasteiger partial charge is 3.00 e. The molecule has 0 bridgehead atoms. The minimum atomic E-state index is -2.92. The number of hydrogen-bond donors (Lipinski definition) is 1. The van der Waals surface area contributed by atoms with E-state index < -0.39 is 7.32 Å². The molecule has 1 aromatic heterocycles. The summed E-state index contributed by atoms with van der Waals surface area (Å²) in [6, 6.07) is 0. The van der Waals surface area contributed by atoms with Crippen LogP contribution in [-0.4, -0.2) is 22.2 Å². The monoisotopic (exact) mass is 199 g/mol. The van der Waals surface area contributed by atoms with Crippen LogP contribution < -0.4 is 20.9 Å². The molecule has 0 amide bonds. The summed E-state index contributed by atoms with van der Waals surface area (Å²) in [4.78, 5) is 0. The fourth-order valence-electron chi connectivity index (χ4n) is 0.209. The second kappa shape index (κ2) is 7.51. The molecule has 7 nitrogen and oxygen atoms in total. The van der Waals surface area contributed by atoms with E-state index in [1.54, 1.807) is 0 Å². The predicted octanol–water partition coefficient (Wildman–Crippen LogP) is -4.96. The fourth-order valence-corrected chi connectivity index (χ4v) is 0.209. The molecular weight excluding hydrogens is 195 g/mol. The molecule has 9 heteroatoms. The van der Waals surface area contributed by atoms with Gasteiger partial charge in [0.15, 0.2) is 0 Å². The van der Waals surface area contributed by atoms with Gasteiger partial charge in [-0.2, -0.15) is 0 Å². The summed E-state index contributed by atoms with van der Waals surface area (Å²) < 4.78 is 1.28. The Morgan fingerprint density at radius 1 is 1.18 bits per heavy atom. The van der Waals surface area contributed by atoms with Gasteiger partial charge < -0.3 is 20.9 Å². The van der Waals surface area contributed by atoms with Gasteiger partial charge in [0.2, 0.25) is 0 Å². The minimum Gasteiger partial charge on any atom is -0.907 e. The zero-order chi connectivity index (χ0) is 7.98. The van der Waals surface area contributed by atoms with Gasteiger partial charge in [-0.15, -0.1) is 10.2 Å². The molecule has 0 atom stereocenters. The molecule has 0 aromatic carbocycles. The van der Waals surface area contributed by atoms with Gasteiger partial charge in [-0.1, -0.05) is 0 Å². The Balaban J connectivity index is 0. The average molecular weight is 199 g/mol. The Kier molecular flexibility index (Phi) is 8.90. The number of hydrogen-bond acceptors (Lipinski definition) is 6. The van der Waals surface area contributed by atoms with Crippen LogP contribution in [-0.2, 0) is 17.1 Å². The topological polar surface area (TPSA) is 126 Å². The van der Waals surface area contributed by atoms with Crippen LogP contribution in [0.5, 0.6) is 0 Å². The van der Waals surface area contributed by atoms with E-state index in [2.05, 4.69) is 10.2 Å². The van der Waals surface area contributed by atoms with Gasteiger partial charge in [0.1, 0.15) is 12.7 Å². The van der Waals surface area contributed by atoms with Crippen LogP contribution in [0, 0.1) is 0 Å². The normalized spacial score (nSPS) is 7.18. The van der Waals surface area contributed by atoms with Crippen molar-refractivity contribution in [3.8, 4) is 0 Å². The van der Waals surface area contributed by atoms with Crippen LogP contribution >= 0.6 is 0 Å². The minimum absolute atomic E-state index is 0. The summed E-state index contributed by atoms with van der Waals surface area (Å²) in [5, 5.41) is 32.1. The van der Waals surface area contributed by atoms with Crippen molar-refractivity contribution in [1.29, 1.82) is 0 Å². The van der Waals surface area contributed by atoms with Crippen molar-refractivity contribution in [2.24, 2.45) is 0 Å². The first kappa shape index (κ1) is 13.0. The van der Waals surface area contributed by atoms with E-state index in [0.717, 1.165) is 0 Å². The molecule has 0 unspecified atom stereocenters. The van der Waals surface area contributed by atoms with E-state index in [-0.39, 0.29) is 17.1 Å². The first-order valence-corrected chi connectivity index (χ1v) is 2.20. The number of nitrogens with two attached hydrogens (primary N) is 1. The summed E-state index contributed by atoms with van der Waals surface area (Å²) in [6.45, 7) is 0.